The lowest BCUT2D eigenvalue weighted by Crippen LogP contribution is -2.46. The molecule has 0 aromatic carbocycles. The van der Waals surface area contributed by atoms with Crippen LogP contribution in [0.3, 0.4) is 0 Å². The first-order chi connectivity index (χ1) is 8.32. The van der Waals surface area contributed by atoms with E-state index < -0.39 is 18.0 Å². The van der Waals surface area contributed by atoms with Crippen molar-refractivity contribution in [2.75, 3.05) is 7.05 Å². The Kier molecular flexibility index (Phi) is 4.66. The van der Waals surface area contributed by atoms with E-state index in [0.29, 0.717) is 0 Å². The van der Waals surface area contributed by atoms with E-state index in [1.165, 1.54) is 25.3 Å². The van der Waals surface area contributed by atoms with Gasteiger partial charge in [0.2, 0.25) is 0 Å². The van der Waals surface area contributed by atoms with Crippen LogP contribution in [0.4, 0.5) is 4.79 Å². The lowest BCUT2D eigenvalue weighted by molar-refractivity contribution is -0.141. The minimum atomic E-state index is -1.04. The normalized spacial score (nSPS) is 13.8. The standard InChI is InChI=1S/C11H17N3O3S/c1-6-5-12-9(18-6)7(2)13-11(17)14(4)8(3)10(15)16/h5,7-8H,1-4H3,(H,13,17)(H,15,16). The molecular weight excluding hydrogens is 254 g/mol. The minimum absolute atomic E-state index is 0.236. The summed E-state index contributed by atoms with van der Waals surface area (Å²) in [6.07, 6.45) is 1.74. The molecule has 2 amide bonds. The van der Waals surface area contributed by atoms with Crippen LogP contribution in [0.25, 0.3) is 0 Å². The van der Waals surface area contributed by atoms with Crippen molar-refractivity contribution in [3.8, 4) is 0 Å². The van der Waals surface area contributed by atoms with Crippen molar-refractivity contribution in [2.45, 2.75) is 32.9 Å². The summed E-state index contributed by atoms with van der Waals surface area (Å²) in [5.74, 6) is -1.04. The van der Waals surface area contributed by atoms with Crippen molar-refractivity contribution < 1.29 is 14.7 Å². The van der Waals surface area contributed by atoms with Gasteiger partial charge in [0.1, 0.15) is 11.0 Å². The lowest BCUT2D eigenvalue weighted by atomic mass is 10.3. The second-order valence-corrected chi connectivity index (χ2v) is 5.37. The molecule has 0 radical (unpaired) electrons. The summed E-state index contributed by atoms with van der Waals surface area (Å²) in [7, 11) is 1.45. The fraction of sp³-hybridized carbons (Fsp3) is 0.545. The third kappa shape index (κ3) is 3.43. The van der Waals surface area contributed by atoms with Gasteiger partial charge in [0.05, 0.1) is 6.04 Å². The van der Waals surface area contributed by atoms with E-state index >= 15 is 0 Å². The molecule has 0 aliphatic carbocycles. The van der Waals surface area contributed by atoms with Gasteiger partial charge in [-0.25, -0.2) is 14.6 Å². The van der Waals surface area contributed by atoms with E-state index in [1.807, 2.05) is 13.8 Å². The molecule has 2 unspecified atom stereocenters. The van der Waals surface area contributed by atoms with E-state index in [2.05, 4.69) is 10.3 Å². The number of urea groups is 1. The molecule has 0 spiro atoms. The Morgan fingerprint density at radius 3 is 2.56 bits per heavy atom. The van der Waals surface area contributed by atoms with Crippen LogP contribution in [0.2, 0.25) is 0 Å². The zero-order chi connectivity index (χ0) is 13.9. The number of hydrogen-bond acceptors (Lipinski definition) is 4. The zero-order valence-corrected chi connectivity index (χ0v) is 11.6. The molecule has 2 N–H and O–H groups in total. The number of nitrogens with zero attached hydrogens (tertiary/aromatic N) is 2. The smallest absolute Gasteiger partial charge is 0.326 e. The van der Waals surface area contributed by atoms with E-state index in [1.54, 1.807) is 6.20 Å². The molecule has 1 rings (SSSR count). The average molecular weight is 271 g/mol. The van der Waals surface area contributed by atoms with Crippen LogP contribution in [0.15, 0.2) is 6.20 Å². The molecule has 0 saturated heterocycles. The third-order valence-electron chi connectivity index (χ3n) is 2.61. The number of likely N-dealkylation sites (N-methyl/N-ethyl adjacent to an activating group) is 1. The van der Waals surface area contributed by atoms with Gasteiger partial charge in [0.15, 0.2) is 0 Å². The number of aliphatic carboxylic acids is 1. The highest BCUT2D eigenvalue weighted by Gasteiger charge is 2.23. The van der Waals surface area contributed by atoms with Gasteiger partial charge in [-0.3, -0.25) is 0 Å². The van der Waals surface area contributed by atoms with Crippen molar-refractivity contribution >= 4 is 23.3 Å². The molecule has 7 heteroatoms. The summed E-state index contributed by atoms with van der Waals surface area (Å²) < 4.78 is 0. The first-order valence-electron chi connectivity index (χ1n) is 5.51. The summed E-state index contributed by atoms with van der Waals surface area (Å²) in [5, 5.41) is 12.3. The molecule has 2 atom stereocenters. The Bertz CT molecular complexity index is 446. The molecule has 1 aromatic heterocycles. The first kappa shape index (κ1) is 14.4. The molecule has 100 valence electrons. The summed E-state index contributed by atoms with van der Waals surface area (Å²) in [4.78, 5) is 29.0. The van der Waals surface area contributed by atoms with Gasteiger partial charge in [0, 0.05) is 18.1 Å². The maximum absolute atomic E-state index is 11.8. The molecule has 0 saturated carbocycles. The Morgan fingerprint density at radius 1 is 1.50 bits per heavy atom. The van der Waals surface area contributed by atoms with Crippen LogP contribution < -0.4 is 5.32 Å². The molecule has 0 bridgehead atoms. The third-order valence-corrected chi connectivity index (χ3v) is 3.70. The average Bonchev–Trinajstić information content (AvgIpc) is 2.73. The number of carboxylic acids is 1. The predicted molar refractivity (Wildman–Crippen MR) is 68.7 cm³/mol. The molecule has 18 heavy (non-hydrogen) atoms. The number of carboxylic acid groups (broad SMARTS) is 1. The maximum atomic E-state index is 11.8. The predicted octanol–water partition coefficient (Wildman–Crippen LogP) is 1.63. The van der Waals surface area contributed by atoms with E-state index in [9.17, 15) is 9.59 Å². The molecule has 6 nitrogen and oxygen atoms in total. The number of hydrogen-bond donors (Lipinski definition) is 2. The molecule has 0 aliphatic heterocycles. The number of rotatable bonds is 4. The maximum Gasteiger partial charge on any atom is 0.326 e. The highest BCUT2D eigenvalue weighted by atomic mass is 32.1. The number of amides is 2. The first-order valence-corrected chi connectivity index (χ1v) is 6.33. The van der Waals surface area contributed by atoms with Gasteiger partial charge in [-0.1, -0.05) is 0 Å². The van der Waals surface area contributed by atoms with Gasteiger partial charge in [-0.2, -0.15) is 0 Å². The summed E-state index contributed by atoms with van der Waals surface area (Å²) >= 11 is 1.50. The van der Waals surface area contributed by atoms with Crippen LogP contribution in [-0.4, -0.2) is 40.1 Å². The monoisotopic (exact) mass is 271 g/mol. The molecule has 1 aromatic rings. The summed E-state index contributed by atoms with van der Waals surface area (Å²) in [5.41, 5.74) is 0. The number of aromatic nitrogens is 1. The van der Waals surface area contributed by atoms with Crippen molar-refractivity contribution in [1.82, 2.24) is 15.2 Å². The summed E-state index contributed by atoms with van der Waals surface area (Å²) in [6, 6.07) is -1.53. The molecule has 0 fully saturated rings. The Balaban J connectivity index is 2.62. The van der Waals surface area contributed by atoms with E-state index in [0.717, 1.165) is 14.8 Å². The van der Waals surface area contributed by atoms with Crippen molar-refractivity contribution in [3.63, 3.8) is 0 Å². The number of thiazole rings is 1. The fourth-order valence-corrected chi connectivity index (χ4v) is 2.04. The highest BCUT2D eigenvalue weighted by molar-refractivity contribution is 7.11. The Hall–Kier alpha value is -1.63. The molecule has 0 aliphatic rings. The fourth-order valence-electron chi connectivity index (χ4n) is 1.26. The number of nitrogens with one attached hydrogen (secondary N) is 1. The van der Waals surface area contributed by atoms with Gasteiger partial charge >= 0.3 is 12.0 Å². The van der Waals surface area contributed by atoms with Crippen molar-refractivity contribution in [3.05, 3.63) is 16.1 Å². The van der Waals surface area contributed by atoms with Crippen LogP contribution in [0.5, 0.6) is 0 Å². The Morgan fingerprint density at radius 2 is 2.11 bits per heavy atom. The van der Waals surface area contributed by atoms with Gasteiger partial charge in [-0.05, 0) is 20.8 Å². The van der Waals surface area contributed by atoms with Gasteiger partial charge in [0.25, 0.3) is 0 Å². The molecule has 1 heterocycles. The Labute approximate surface area is 110 Å². The van der Waals surface area contributed by atoms with E-state index in [-0.39, 0.29) is 6.04 Å². The minimum Gasteiger partial charge on any atom is -0.480 e. The number of aryl methyl sites for hydroxylation is 1. The van der Waals surface area contributed by atoms with Crippen LogP contribution in [0.1, 0.15) is 29.8 Å². The number of carbonyl (C=O) groups is 2. The van der Waals surface area contributed by atoms with Crippen LogP contribution >= 0.6 is 11.3 Å². The summed E-state index contributed by atoms with van der Waals surface area (Å²) in [6.45, 7) is 5.21. The van der Waals surface area contributed by atoms with Gasteiger partial charge in [-0.15, -0.1) is 11.3 Å². The topological polar surface area (TPSA) is 82.5 Å². The zero-order valence-electron chi connectivity index (χ0n) is 10.8. The second-order valence-electron chi connectivity index (χ2n) is 4.11. The second kappa shape index (κ2) is 5.81. The highest BCUT2D eigenvalue weighted by Crippen LogP contribution is 2.19. The van der Waals surface area contributed by atoms with Gasteiger partial charge < -0.3 is 15.3 Å². The largest absolute Gasteiger partial charge is 0.480 e. The van der Waals surface area contributed by atoms with E-state index in [4.69, 9.17) is 5.11 Å². The van der Waals surface area contributed by atoms with Crippen LogP contribution in [0, 0.1) is 6.92 Å². The SMILES string of the molecule is Cc1cnc(C(C)NC(=O)N(C)C(C)C(=O)O)s1. The van der Waals surface area contributed by atoms with Crippen molar-refractivity contribution in [1.29, 1.82) is 0 Å². The van der Waals surface area contributed by atoms with Crippen LogP contribution in [-0.2, 0) is 4.79 Å². The lowest BCUT2D eigenvalue weighted by Gasteiger charge is -2.23. The van der Waals surface area contributed by atoms with Crippen molar-refractivity contribution in [2.24, 2.45) is 0 Å². The quantitative estimate of drug-likeness (QED) is 0.872. The molecular formula is C11H17N3O3S. The number of carbonyl (C=O) groups excluding carboxylic acids is 1.